The van der Waals surface area contributed by atoms with Gasteiger partial charge in [0.25, 0.3) is 0 Å². The molecule has 386 valence electrons. The van der Waals surface area contributed by atoms with Gasteiger partial charge in [-0.2, -0.15) is 0 Å². The maximum absolute atomic E-state index is 13.7. The van der Waals surface area contributed by atoms with Crippen LogP contribution in [0.4, 0.5) is 0 Å². The summed E-state index contributed by atoms with van der Waals surface area (Å²) in [5.41, 5.74) is 1.38. The highest BCUT2D eigenvalue weighted by Crippen LogP contribution is 2.33. The van der Waals surface area contributed by atoms with Crippen LogP contribution in [-0.4, -0.2) is 150 Å². The second-order valence-electron chi connectivity index (χ2n) is 18.8. The van der Waals surface area contributed by atoms with Crippen molar-refractivity contribution in [3.05, 3.63) is 72.0 Å². The molecule has 0 radical (unpaired) electrons. The average molecular weight is 960 g/mol. The molecule has 0 aliphatic carbocycles. The van der Waals surface area contributed by atoms with E-state index in [9.17, 15) is 29.4 Å². The predicted molar refractivity (Wildman–Crippen MR) is 261 cm³/mol. The molecule has 1 amide bonds. The molecule has 68 heavy (non-hydrogen) atoms. The summed E-state index contributed by atoms with van der Waals surface area (Å²) >= 11 is 0. The largest absolute Gasteiger partial charge is 0.458 e. The topological polar surface area (TPSA) is 186 Å². The number of ether oxygens (including phenoxy) is 8. The van der Waals surface area contributed by atoms with Gasteiger partial charge in [-0.05, 0) is 44.1 Å². The van der Waals surface area contributed by atoms with Gasteiger partial charge in [-0.3, -0.25) is 9.59 Å². The van der Waals surface area contributed by atoms with E-state index >= 15 is 0 Å². The van der Waals surface area contributed by atoms with Crippen LogP contribution in [0.15, 0.2) is 72.0 Å². The number of Topliss-reactive ketones (excluding diaryl/α,β-unsaturated/α-hetero) is 1. The number of ketones is 1. The molecule has 15 nitrogen and oxygen atoms in total. The molecule has 15 heteroatoms. The minimum absolute atomic E-state index is 0.0505. The number of carbonyl (C=O) groups excluding carboxylic acids is 4. The first-order valence-corrected chi connectivity index (χ1v) is 24.0. The van der Waals surface area contributed by atoms with Crippen molar-refractivity contribution in [1.29, 1.82) is 0 Å². The number of aliphatic hydroxyl groups is 2. The van der Waals surface area contributed by atoms with Crippen LogP contribution in [0.1, 0.15) is 93.4 Å². The fourth-order valence-corrected chi connectivity index (χ4v) is 9.13. The van der Waals surface area contributed by atoms with Crippen LogP contribution < -0.4 is 0 Å². The minimum atomic E-state index is -1.10. The first kappa shape index (κ1) is 60.3. The molecule has 2 aliphatic rings. The van der Waals surface area contributed by atoms with E-state index in [0.717, 1.165) is 5.57 Å². The molecule has 2 heterocycles. The molecule has 0 saturated heterocycles. The molecule has 2 rings (SSSR count). The van der Waals surface area contributed by atoms with Crippen LogP contribution in [0.5, 0.6) is 0 Å². The van der Waals surface area contributed by atoms with E-state index in [1.54, 1.807) is 68.1 Å². The molecule has 0 aromatic heterocycles. The number of carbonyl (C=O) groups is 4. The number of hydrogen-bond acceptors (Lipinski definition) is 14. The van der Waals surface area contributed by atoms with E-state index < -0.39 is 72.8 Å². The van der Waals surface area contributed by atoms with Crippen molar-refractivity contribution >= 4 is 24.1 Å². The molecule has 0 saturated carbocycles. The first-order chi connectivity index (χ1) is 32.3. The number of fused-ring (bicyclic) bond motifs is 2. The van der Waals surface area contributed by atoms with Gasteiger partial charge in [-0.1, -0.05) is 89.6 Å². The molecule has 2 bridgehead atoms. The summed E-state index contributed by atoms with van der Waals surface area (Å²) in [4.78, 5) is 52.4. The van der Waals surface area contributed by atoms with Crippen molar-refractivity contribution in [3.63, 3.8) is 0 Å². The number of methoxy groups -OCH3 is 6. The van der Waals surface area contributed by atoms with Crippen molar-refractivity contribution in [2.24, 2.45) is 35.5 Å². The van der Waals surface area contributed by atoms with E-state index in [0.29, 0.717) is 44.1 Å². The predicted octanol–water partition coefficient (Wildman–Crippen LogP) is 6.91. The Hall–Kier alpha value is -3.80. The van der Waals surface area contributed by atoms with Crippen LogP contribution in [0.2, 0.25) is 0 Å². The summed E-state index contributed by atoms with van der Waals surface area (Å²) in [5.74, 6) is -2.91. The first-order valence-electron chi connectivity index (χ1n) is 24.0. The number of cyclic esters (lactones) is 1. The SMILES string of the molecule is COC1C=CC(C)C(C(C)C(OC)C(C)CCC(=O)C(C)C(CC=CN(C)C=O)OC)OC(=O)C=CC=C(C)CC(OC)CC2=CC(=O)OC(C2O)C(C)C(OC)CC(OC)C=CC(C)C(O)C1. The molecule has 16 atom stereocenters. The number of rotatable bonds is 18. The Morgan fingerprint density at radius 3 is 2.09 bits per heavy atom. The van der Waals surface area contributed by atoms with E-state index in [1.807, 2.05) is 78.8 Å². The highest BCUT2D eigenvalue weighted by molar-refractivity contribution is 5.84. The van der Waals surface area contributed by atoms with Gasteiger partial charge < -0.3 is 53.0 Å². The lowest BCUT2D eigenvalue weighted by Crippen LogP contribution is -2.46. The minimum Gasteiger partial charge on any atom is -0.458 e. The zero-order valence-corrected chi connectivity index (χ0v) is 43.3. The maximum atomic E-state index is 13.7. The maximum Gasteiger partial charge on any atom is 0.331 e. The molecule has 16 unspecified atom stereocenters. The van der Waals surface area contributed by atoms with Crippen molar-refractivity contribution in [1.82, 2.24) is 4.90 Å². The van der Waals surface area contributed by atoms with Crippen molar-refractivity contribution in [2.45, 2.75) is 154 Å². The quantitative estimate of drug-likeness (QED) is 0.0821. The number of allylic oxidation sites excluding steroid dienone is 2. The second kappa shape index (κ2) is 31.4. The van der Waals surface area contributed by atoms with Crippen LogP contribution in [0, 0.1) is 35.5 Å². The highest BCUT2D eigenvalue weighted by atomic mass is 16.6. The Balaban J connectivity index is 2.49. The Morgan fingerprint density at radius 2 is 1.50 bits per heavy atom. The molecule has 2 N–H and O–H groups in total. The summed E-state index contributed by atoms with van der Waals surface area (Å²) in [6.45, 7) is 13.5. The Labute approximate surface area is 406 Å². The number of esters is 2. The summed E-state index contributed by atoms with van der Waals surface area (Å²) in [6, 6.07) is 0. The van der Waals surface area contributed by atoms with Gasteiger partial charge in [0.15, 0.2) is 0 Å². The molecule has 0 spiro atoms. The Kier molecular flexibility index (Phi) is 27.9. The second-order valence-corrected chi connectivity index (χ2v) is 18.8. The monoisotopic (exact) mass is 960 g/mol. The summed E-state index contributed by atoms with van der Waals surface area (Å²) in [7, 11) is 11.1. The fourth-order valence-electron chi connectivity index (χ4n) is 9.13. The summed E-state index contributed by atoms with van der Waals surface area (Å²) < 4.78 is 47.1. The lowest BCUT2D eigenvalue weighted by Gasteiger charge is -2.37. The van der Waals surface area contributed by atoms with Crippen LogP contribution in [0.3, 0.4) is 0 Å². The average Bonchev–Trinajstić information content (AvgIpc) is 3.32. The summed E-state index contributed by atoms with van der Waals surface area (Å²) in [5, 5.41) is 23.0. The van der Waals surface area contributed by atoms with Crippen molar-refractivity contribution in [2.75, 3.05) is 49.7 Å². The molecule has 0 fully saturated rings. The number of amides is 1. The normalized spacial score (nSPS) is 30.9. The number of aliphatic hydroxyl groups excluding tert-OH is 2. The van der Waals surface area contributed by atoms with Crippen LogP contribution >= 0.6 is 0 Å². The Bertz CT molecular complexity index is 1720. The smallest absolute Gasteiger partial charge is 0.331 e. The third kappa shape index (κ3) is 19.5. The van der Waals surface area contributed by atoms with Gasteiger partial charge in [-0.25, -0.2) is 9.59 Å². The van der Waals surface area contributed by atoms with E-state index in [2.05, 4.69) is 0 Å². The zero-order chi connectivity index (χ0) is 51.1. The number of hydrogen-bond donors (Lipinski definition) is 2. The van der Waals surface area contributed by atoms with Crippen molar-refractivity contribution in [3.8, 4) is 0 Å². The van der Waals surface area contributed by atoms with Gasteiger partial charge in [0.1, 0.15) is 24.1 Å². The highest BCUT2D eigenvalue weighted by Gasteiger charge is 2.40. The molecular weight excluding hydrogens is 875 g/mol. The third-order valence-corrected chi connectivity index (χ3v) is 13.8. The van der Waals surface area contributed by atoms with E-state index in [4.69, 9.17) is 37.9 Å². The van der Waals surface area contributed by atoms with Gasteiger partial charge in [0.2, 0.25) is 6.41 Å². The molecular formula is C53H85NO14. The lowest BCUT2D eigenvalue weighted by atomic mass is 9.81. The molecule has 2 aliphatic heterocycles. The van der Waals surface area contributed by atoms with Crippen molar-refractivity contribution < 1.29 is 67.3 Å². The van der Waals surface area contributed by atoms with Gasteiger partial charge >= 0.3 is 11.9 Å². The summed E-state index contributed by atoms with van der Waals surface area (Å²) in [6.07, 6.45) is 14.6. The standard InChI is InChI=1S/C53H85NO14/c1-33-17-15-19-48(58)67-52(39(7)51(66-14)35(3)22-25-44(56)37(5)46(64-12)18-16-26-54(8)32-55)36(4)21-24-41(61-9)30-45(57)34(2)20-23-42(62-10)31-47(65-13)38(6)53-50(60)40(29-49(59)68-53)28-43(27-33)63-11/h15-17,19-21,23-24,26,29,32,34-39,41-43,45-47,50-53,57,60H,18,22,25,27-28,30-31H2,1-14H3. The number of nitrogens with zero attached hydrogens (tertiary/aromatic N) is 1. The van der Waals surface area contributed by atoms with Crippen LogP contribution in [-0.2, 0) is 57.1 Å². The molecule has 0 aromatic carbocycles. The van der Waals surface area contributed by atoms with Gasteiger partial charge in [0, 0.05) is 117 Å². The van der Waals surface area contributed by atoms with Gasteiger partial charge in [0.05, 0.1) is 42.7 Å². The van der Waals surface area contributed by atoms with E-state index in [-0.39, 0.29) is 54.3 Å². The molecule has 0 aromatic rings. The van der Waals surface area contributed by atoms with E-state index in [1.165, 1.54) is 17.1 Å². The van der Waals surface area contributed by atoms with Gasteiger partial charge in [-0.15, -0.1) is 0 Å². The van der Waals surface area contributed by atoms with Crippen LogP contribution in [0.25, 0.3) is 0 Å². The Morgan fingerprint density at radius 1 is 0.853 bits per heavy atom. The fraction of sp³-hybridized carbons (Fsp3) is 0.698. The zero-order valence-electron chi connectivity index (χ0n) is 43.3. The third-order valence-electron chi connectivity index (χ3n) is 13.8. The lowest BCUT2D eigenvalue weighted by molar-refractivity contribution is -0.160.